The summed E-state index contributed by atoms with van der Waals surface area (Å²) in [5, 5.41) is 2.09. The van der Waals surface area contributed by atoms with Crippen molar-refractivity contribution in [2.75, 3.05) is 0 Å². The number of thiophene rings is 1. The smallest absolute Gasteiger partial charge is 0.119 e. The fourth-order valence-electron chi connectivity index (χ4n) is 0.633. The Morgan fingerprint density at radius 1 is 1.33 bits per heavy atom. The maximum Gasteiger partial charge on any atom is 0.119 e. The molecule has 0 bridgehead atoms. The molecule has 0 atom stereocenters. The summed E-state index contributed by atoms with van der Waals surface area (Å²) in [6, 6.07) is 2.12. The van der Waals surface area contributed by atoms with Crippen LogP contribution in [-0.2, 0) is 0 Å². The molecule has 0 amide bonds. The fourth-order valence-corrected chi connectivity index (χ4v) is 4.70. The van der Waals surface area contributed by atoms with Gasteiger partial charge in [-0.1, -0.05) is 32.9 Å². The van der Waals surface area contributed by atoms with Gasteiger partial charge in [-0.05, 0) is 11.4 Å². The molecule has 0 N–H and O–H groups in total. The monoisotopic (exact) mass is 190 g/mol. The normalized spacial score (nSPS) is 10.7. The lowest BCUT2D eigenvalue weighted by Gasteiger charge is -1.64. The number of fused-ring (bicyclic) bond motifs is 1. The quantitative estimate of drug-likeness (QED) is 0.450. The van der Waals surface area contributed by atoms with Gasteiger partial charge in [0.1, 0.15) is 3.82 Å². The molecule has 4 heteroatoms. The SMILES string of the molecule is S=c1ssc2ccsc12. The Hall–Kier alpha value is 0.230. The van der Waals surface area contributed by atoms with Gasteiger partial charge in [0, 0.05) is 0 Å². The van der Waals surface area contributed by atoms with Gasteiger partial charge >= 0.3 is 0 Å². The van der Waals surface area contributed by atoms with Gasteiger partial charge in [0.05, 0.1) is 9.40 Å². The van der Waals surface area contributed by atoms with Crippen molar-refractivity contribution in [3.63, 3.8) is 0 Å². The molecule has 0 aliphatic carbocycles. The van der Waals surface area contributed by atoms with E-state index in [0.29, 0.717) is 0 Å². The standard InChI is InChI=1S/C5H2S4/c6-5-4-3(8-9-5)1-2-7-4/h1-2H. The predicted octanol–water partition coefficient (Wildman–Crippen LogP) is 3.75. The third-order valence-electron chi connectivity index (χ3n) is 1.02. The van der Waals surface area contributed by atoms with Crippen LogP contribution in [0, 0.1) is 3.82 Å². The van der Waals surface area contributed by atoms with E-state index in [1.165, 1.54) is 9.40 Å². The molecule has 46 valence electrons. The number of rotatable bonds is 0. The highest BCUT2D eigenvalue weighted by atomic mass is 32.9. The molecule has 9 heavy (non-hydrogen) atoms. The molecule has 0 aliphatic rings. The zero-order chi connectivity index (χ0) is 6.27. The van der Waals surface area contributed by atoms with Crippen molar-refractivity contribution in [1.82, 2.24) is 0 Å². The molecule has 0 nitrogen and oxygen atoms in total. The van der Waals surface area contributed by atoms with Crippen LogP contribution in [0.3, 0.4) is 0 Å². The van der Waals surface area contributed by atoms with E-state index in [9.17, 15) is 0 Å². The molecular formula is C5H2S4. The summed E-state index contributed by atoms with van der Waals surface area (Å²) in [5.74, 6) is 0. The lowest BCUT2D eigenvalue weighted by atomic mass is 10.6. The van der Waals surface area contributed by atoms with E-state index in [-0.39, 0.29) is 0 Å². The maximum atomic E-state index is 5.08. The van der Waals surface area contributed by atoms with Gasteiger partial charge in [0.2, 0.25) is 0 Å². The van der Waals surface area contributed by atoms with Crippen LogP contribution in [0.2, 0.25) is 0 Å². The third-order valence-corrected chi connectivity index (χ3v) is 5.36. The second-order valence-corrected chi connectivity index (χ2v) is 5.33. The second kappa shape index (κ2) is 2.12. The van der Waals surface area contributed by atoms with E-state index in [4.69, 9.17) is 12.2 Å². The molecular weight excluding hydrogens is 188 g/mol. The summed E-state index contributed by atoms with van der Waals surface area (Å²) in [6.07, 6.45) is 0. The molecule has 0 aromatic carbocycles. The van der Waals surface area contributed by atoms with E-state index in [1.54, 1.807) is 32.0 Å². The van der Waals surface area contributed by atoms with Gasteiger partial charge in [-0.3, -0.25) is 0 Å². The first-order chi connectivity index (χ1) is 4.38. The molecule has 2 aromatic heterocycles. The molecule has 0 saturated carbocycles. The van der Waals surface area contributed by atoms with Gasteiger partial charge in [0.15, 0.2) is 0 Å². The Morgan fingerprint density at radius 2 is 2.22 bits per heavy atom. The maximum absolute atomic E-state index is 5.08. The van der Waals surface area contributed by atoms with Crippen molar-refractivity contribution in [2.45, 2.75) is 0 Å². The van der Waals surface area contributed by atoms with Crippen molar-refractivity contribution in [3.05, 3.63) is 15.3 Å². The van der Waals surface area contributed by atoms with Crippen LogP contribution in [0.4, 0.5) is 0 Å². The summed E-state index contributed by atoms with van der Waals surface area (Å²) in [7, 11) is 3.46. The number of hydrogen-bond acceptors (Lipinski definition) is 4. The van der Waals surface area contributed by atoms with E-state index in [0.717, 1.165) is 3.82 Å². The van der Waals surface area contributed by atoms with Crippen LogP contribution >= 0.6 is 44.2 Å². The summed E-state index contributed by atoms with van der Waals surface area (Å²) in [5.41, 5.74) is 0. The Balaban J connectivity index is 3.17. The topological polar surface area (TPSA) is 0 Å². The lowest BCUT2D eigenvalue weighted by molar-refractivity contribution is 2.25. The molecule has 0 unspecified atom stereocenters. The molecule has 2 aromatic rings. The Bertz CT molecular complexity index is 363. The first kappa shape index (κ1) is 5.97. The van der Waals surface area contributed by atoms with Crippen molar-refractivity contribution >= 4 is 53.6 Å². The van der Waals surface area contributed by atoms with Crippen molar-refractivity contribution < 1.29 is 0 Å². The summed E-state index contributed by atoms with van der Waals surface area (Å²) in [6.45, 7) is 0. The highest BCUT2D eigenvalue weighted by molar-refractivity contribution is 7.81. The average Bonchev–Trinajstić information content (AvgIpc) is 2.35. The molecule has 2 rings (SSSR count). The molecule has 0 aliphatic heterocycles. The van der Waals surface area contributed by atoms with Crippen molar-refractivity contribution in [3.8, 4) is 0 Å². The van der Waals surface area contributed by atoms with Crippen LogP contribution < -0.4 is 0 Å². The first-order valence-electron chi connectivity index (χ1n) is 2.34. The molecule has 0 spiro atoms. The van der Waals surface area contributed by atoms with Crippen molar-refractivity contribution in [2.24, 2.45) is 0 Å². The van der Waals surface area contributed by atoms with Crippen LogP contribution in [0.15, 0.2) is 11.4 Å². The molecule has 0 saturated heterocycles. The van der Waals surface area contributed by atoms with E-state index >= 15 is 0 Å². The molecule has 2 heterocycles. The Morgan fingerprint density at radius 3 is 3.00 bits per heavy atom. The Labute approximate surface area is 68.8 Å². The zero-order valence-electron chi connectivity index (χ0n) is 4.29. The van der Waals surface area contributed by atoms with Crippen LogP contribution in [-0.4, -0.2) is 0 Å². The largest absolute Gasteiger partial charge is 0.140 e. The van der Waals surface area contributed by atoms with E-state index < -0.39 is 0 Å². The second-order valence-electron chi connectivity index (χ2n) is 1.57. The molecule has 0 radical (unpaired) electrons. The minimum atomic E-state index is 1.05. The van der Waals surface area contributed by atoms with Crippen molar-refractivity contribution in [1.29, 1.82) is 0 Å². The molecule has 0 fully saturated rings. The van der Waals surface area contributed by atoms with E-state index in [1.807, 2.05) is 0 Å². The summed E-state index contributed by atoms with van der Waals surface area (Å²) >= 11 is 6.82. The summed E-state index contributed by atoms with van der Waals surface area (Å²) < 4.78 is 3.68. The zero-order valence-corrected chi connectivity index (χ0v) is 7.55. The van der Waals surface area contributed by atoms with Gasteiger partial charge in [-0.25, -0.2) is 0 Å². The highest BCUT2D eigenvalue weighted by Crippen LogP contribution is 2.31. The van der Waals surface area contributed by atoms with Crippen LogP contribution in [0.1, 0.15) is 0 Å². The van der Waals surface area contributed by atoms with Crippen LogP contribution in [0.25, 0.3) is 9.40 Å². The number of hydrogen-bond donors (Lipinski definition) is 0. The van der Waals surface area contributed by atoms with E-state index in [2.05, 4.69) is 11.4 Å². The predicted molar refractivity (Wildman–Crippen MR) is 48.4 cm³/mol. The van der Waals surface area contributed by atoms with Gasteiger partial charge < -0.3 is 0 Å². The summed E-state index contributed by atoms with van der Waals surface area (Å²) in [4.78, 5) is 0. The van der Waals surface area contributed by atoms with Gasteiger partial charge in [0.25, 0.3) is 0 Å². The van der Waals surface area contributed by atoms with Crippen LogP contribution in [0.5, 0.6) is 0 Å². The minimum absolute atomic E-state index is 1.05. The lowest BCUT2D eigenvalue weighted by Crippen LogP contribution is -1.38. The van der Waals surface area contributed by atoms with Gasteiger partial charge in [-0.2, -0.15) is 0 Å². The Kier molecular flexibility index (Phi) is 1.41. The highest BCUT2D eigenvalue weighted by Gasteiger charge is 1.97. The minimum Gasteiger partial charge on any atom is -0.140 e. The van der Waals surface area contributed by atoms with Gasteiger partial charge in [-0.15, -0.1) is 11.3 Å². The third kappa shape index (κ3) is 0.864. The fraction of sp³-hybridized carbons (Fsp3) is 0. The average molecular weight is 190 g/mol. The first-order valence-corrected chi connectivity index (χ1v) is 5.78.